The third-order valence-corrected chi connectivity index (χ3v) is 17.2. The van der Waals surface area contributed by atoms with E-state index in [4.69, 9.17) is 9.47 Å². The minimum atomic E-state index is -1.44. The molecule has 3 fully saturated rings. The number of nitrogens with one attached hydrogen (secondary N) is 4. The zero-order valence-corrected chi connectivity index (χ0v) is 48.5. The first-order chi connectivity index (χ1) is 37.3. The smallest absolute Gasteiger partial charge is 0.325 e. The van der Waals surface area contributed by atoms with Crippen LogP contribution in [-0.4, -0.2) is 133 Å². The Morgan fingerprint density at radius 2 is 1.67 bits per heavy atom. The number of hydrogen-bond acceptors (Lipinski definition) is 14. The van der Waals surface area contributed by atoms with Crippen molar-refractivity contribution in [3.63, 3.8) is 0 Å². The van der Waals surface area contributed by atoms with E-state index in [1.165, 1.54) is 24.1 Å². The number of aliphatic hydroxyl groups is 4. The Hall–Kier alpha value is -5.24. The van der Waals surface area contributed by atoms with E-state index in [0.717, 1.165) is 6.42 Å². The van der Waals surface area contributed by atoms with E-state index in [1.807, 2.05) is 52.8 Å². The molecule has 0 aromatic heterocycles. The van der Waals surface area contributed by atoms with E-state index < -0.39 is 102 Å². The van der Waals surface area contributed by atoms with E-state index in [2.05, 4.69) is 28.3 Å². The fourth-order valence-corrected chi connectivity index (χ4v) is 11.4. The number of aromatic hydroxyl groups is 1. The number of nitrogens with zero attached hydrogens (tertiary/aromatic N) is 1. The summed E-state index contributed by atoms with van der Waals surface area (Å²) < 4.78 is 12.9. The van der Waals surface area contributed by atoms with Gasteiger partial charge in [-0.3, -0.25) is 29.0 Å². The van der Waals surface area contributed by atoms with E-state index in [1.54, 1.807) is 58.1 Å². The van der Waals surface area contributed by atoms with Crippen molar-refractivity contribution in [2.45, 2.75) is 207 Å². The number of amides is 4. The topological polar surface area (TPSA) is 273 Å². The molecule has 440 valence electrons. The number of esters is 1. The van der Waals surface area contributed by atoms with Gasteiger partial charge in [0.1, 0.15) is 41.5 Å². The van der Waals surface area contributed by atoms with Gasteiger partial charge in [-0.15, -0.1) is 0 Å². The normalized spacial score (nSPS) is 34.7. The molecular formula is C61H93N5O13. The number of carbonyl (C=O) groups excluding carboxylic acids is 6. The van der Waals surface area contributed by atoms with Crippen molar-refractivity contribution in [3.05, 3.63) is 77.4 Å². The number of hydrogen-bond donors (Lipinski definition) is 9. The van der Waals surface area contributed by atoms with E-state index in [-0.39, 0.29) is 79.3 Å². The molecule has 4 aliphatic heterocycles. The minimum Gasteiger partial charge on any atom is -0.508 e. The molecule has 4 aliphatic rings. The van der Waals surface area contributed by atoms with Crippen LogP contribution in [0, 0.1) is 54.3 Å². The van der Waals surface area contributed by atoms with Gasteiger partial charge in [0.25, 0.3) is 5.91 Å². The summed E-state index contributed by atoms with van der Waals surface area (Å²) in [6, 6.07) is 1.57. The Bertz CT molecular complexity index is 2390. The third-order valence-electron chi connectivity index (χ3n) is 17.2. The maximum atomic E-state index is 14.6. The van der Waals surface area contributed by atoms with Gasteiger partial charge >= 0.3 is 5.97 Å². The highest BCUT2D eigenvalue weighted by Crippen LogP contribution is 2.46. The van der Waals surface area contributed by atoms with Crippen molar-refractivity contribution < 1.29 is 63.8 Å². The first kappa shape index (κ1) is 64.6. The molecule has 1 aromatic carbocycles. The van der Waals surface area contributed by atoms with Crippen LogP contribution in [0.1, 0.15) is 145 Å². The van der Waals surface area contributed by atoms with Gasteiger partial charge in [-0.25, -0.2) is 5.43 Å². The fourth-order valence-electron chi connectivity index (χ4n) is 11.4. The number of fused-ring (bicyclic) bond motifs is 2. The number of cyclic esters (lactones) is 1. The average Bonchev–Trinajstić information content (AvgIpc) is 3.60. The molecule has 79 heavy (non-hydrogen) atoms. The predicted molar refractivity (Wildman–Crippen MR) is 300 cm³/mol. The van der Waals surface area contributed by atoms with Crippen LogP contribution in [0.25, 0.3) is 0 Å². The summed E-state index contributed by atoms with van der Waals surface area (Å²) in [5.41, 5.74) is 3.89. The summed E-state index contributed by atoms with van der Waals surface area (Å²) in [4.78, 5) is 82.4. The van der Waals surface area contributed by atoms with Crippen LogP contribution in [-0.2, 0) is 44.7 Å². The van der Waals surface area contributed by atoms with Gasteiger partial charge < -0.3 is 55.8 Å². The molecule has 18 heteroatoms. The zero-order chi connectivity index (χ0) is 58.5. The highest BCUT2D eigenvalue weighted by atomic mass is 16.5. The summed E-state index contributed by atoms with van der Waals surface area (Å²) in [5.74, 6) is -6.29. The largest absolute Gasteiger partial charge is 0.508 e. The lowest BCUT2D eigenvalue weighted by atomic mass is 9.69. The molecule has 17 atom stereocenters. The van der Waals surface area contributed by atoms with Crippen LogP contribution >= 0.6 is 0 Å². The summed E-state index contributed by atoms with van der Waals surface area (Å²) in [6.45, 7) is 20.0. The maximum Gasteiger partial charge on any atom is 0.325 e. The molecule has 0 saturated carbocycles. The standard InChI is InChI=1S/C61H93N5O13/c1-12-44-30-38(7)61(64-56(44)73)42(11)54(71)41(10)52(79-61)33-50(70)35(4)20-15-13-16-21-37(6)51-24-18-14-17-23-48(68)40(9)55(72)45(28-26-39(8)67)57(74)63-53(34(2)3)58(75)62-47(31-43-27-25-36(5)49(69)32-43)59(76)66-29-19-22-46(65-66)60(77)78-51/h13-14,16-18,21,23,25,27,32,34-35,38,40-42,44-48,50-55,65,68-72H,12,15,19-20,22,24,26,28-31,33H2,1-11H3,(H,62,75)(H,63,74)(H,64,73)/b16-13+,18-14+,23-17+,37-21+/t35-,38-,40-,41-,42-,44-,45+,46?,47?,48-,50-,51-,52-,53-,54-,55+,61+/m0/s1. The van der Waals surface area contributed by atoms with Crippen molar-refractivity contribution in [2.24, 2.45) is 47.3 Å². The molecule has 1 aromatic rings. The highest BCUT2D eigenvalue weighted by molar-refractivity contribution is 5.93. The van der Waals surface area contributed by atoms with Crippen molar-refractivity contribution in [3.8, 4) is 5.75 Å². The number of carbonyl (C=O) groups is 6. The second-order valence-corrected chi connectivity index (χ2v) is 23.6. The number of phenols is 1. The summed E-state index contributed by atoms with van der Waals surface area (Å²) in [6.07, 6.45) is 10.6. The lowest BCUT2D eigenvalue weighted by molar-refractivity contribution is -0.267. The Morgan fingerprint density at radius 3 is 2.34 bits per heavy atom. The number of ether oxygens (including phenoxy) is 2. The van der Waals surface area contributed by atoms with E-state index in [0.29, 0.717) is 55.2 Å². The van der Waals surface area contributed by atoms with Crippen molar-refractivity contribution >= 4 is 35.4 Å². The van der Waals surface area contributed by atoms with E-state index >= 15 is 0 Å². The molecule has 0 radical (unpaired) electrons. The number of allylic oxidation sites excluding steroid dienone is 5. The number of hydrazine groups is 1. The number of aryl methyl sites for hydroxylation is 1. The SMILES string of the molecule is CC[C@H]1C[C@H](C)[C@@]2(NC1=O)O[C@@H](C[C@H](O)[C@@H](C)CC/C=C/C=C(\C)[C@@H]1C/C=C/C=C/[C@H](O)[C@H](C)[C@@H](O)[C@@H](CCC(C)=O)C(=O)N[C@@H](C(C)C)C(=O)NC(Cc3ccc(C)c(O)c3)C(=O)N3CCCC(N3)C(=O)O1)[C@H](C)[C@H](O)[C@@H]2C. The number of piperidine rings is 1. The molecule has 18 nitrogen and oxygen atoms in total. The predicted octanol–water partition coefficient (Wildman–Crippen LogP) is 5.72. The Labute approximate surface area is 468 Å². The van der Waals surface area contributed by atoms with Crippen LogP contribution in [0.15, 0.2) is 66.3 Å². The number of rotatable bonds is 15. The number of phenolic OH excluding ortho intramolecular Hbond substituents is 1. The molecule has 2 unspecified atom stereocenters. The lowest BCUT2D eigenvalue weighted by Gasteiger charge is -2.56. The van der Waals surface area contributed by atoms with Gasteiger partial charge in [0.05, 0.1) is 36.4 Å². The second-order valence-electron chi connectivity index (χ2n) is 23.6. The molecule has 1 spiro atoms. The highest BCUT2D eigenvalue weighted by Gasteiger charge is 2.57. The summed E-state index contributed by atoms with van der Waals surface area (Å²) >= 11 is 0. The van der Waals surface area contributed by atoms with Crippen molar-refractivity contribution in [1.82, 2.24) is 26.4 Å². The third kappa shape index (κ3) is 16.9. The van der Waals surface area contributed by atoms with Gasteiger partial charge in [0.2, 0.25) is 17.7 Å². The van der Waals surface area contributed by atoms with Gasteiger partial charge in [0, 0.05) is 61.8 Å². The Morgan fingerprint density at radius 1 is 0.949 bits per heavy atom. The van der Waals surface area contributed by atoms with E-state index in [9.17, 15) is 54.3 Å². The number of aliphatic hydroxyl groups excluding tert-OH is 4. The van der Waals surface area contributed by atoms with Crippen LogP contribution < -0.4 is 21.4 Å². The molecule has 4 amide bonds. The monoisotopic (exact) mass is 1100 g/mol. The van der Waals surface area contributed by atoms with Crippen molar-refractivity contribution in [2.75, 3.05) is 6.54 Å². The molecule has 5 rings (SSSR count). The minimum absolute atomic E-state index is 0.000388. The van der Waals surface area contributed by atoms with Crippen molar-refractivity contribution in [1.29, 1.82) is 0 Å². The average molecular weight is 1100 g/mol. The summed E-state index contributed by atoms with van der Waals surface area (Å²) in [7, 11) is 0. The molecule has 4 heterocycles. The van der Waals surface area contributed by atoms with Gasteiger partial charge in [-0.05, 0) is 100 Å². The number of benzene rings is 1. The molecule has 3 saturated heterocycles. The first-order valence-electron chi connectivity index (χ1n) is 28.8. The second kappa shape index (κ2) is 29.5. The van der Waals surface area contributed by atoms with Gasteiger partial charge in [-0.2, -0.15) is 0 Å². The van der Waals surface area contributed by atoms with Crippen LogP contribution in [0.4, 0.5) is 0 Å². The Balaban J connectivity index is 1.36. The molecule has 2 bridgehead atoms. The maximum absolute atomic E-state index is 14.6. The molecular weight excluding hydrogens is 1010 g/mol. The Kier molecular flexibility index (Phi) is 24.1. The molecule has 0 aliphatic carbocycles. The number of Topliss-reactive ketones (excluding diaryl/α,β-unsaturated/α-hetero) is 1. The van der Waals surface area contributed by atoms with Crippen LogP contribution in [0.5, 0.6) is 5.75 Å². The fraction of sp³-hybridized carbons (Fsp3) is 0.672. The summed E-state index contributed by atoms with van der Waals surface area (Å²) in [5, 5.41) is 66.4. The quantitative estimate of drug-likeness (QED) is 0.0752. The lowest BCUT2D eigenvalue weighted by Crippen LogP contribution is -2.71. The zero-order valence-electron chi connectivity index (χ0n) is 48.5. The van der Waals surface area contributed by atoms with Gasteiger partial charge in [0.15, 0.2) is 0 Å². The molecule has 9 N–H and O–H groups in total. The van der Waals surface area contributed by atoms with Crippen LogP contribution in [0.3, 0.4) is 0 Å². The number of ketones is 1. The van der Waals surface area contributed by atoms with Crippen LogP contribution in [0.2, 0.25) is 0 Å². The van der Waals surface area contributed by atoms with Gasteiger partial charge in [-0.1, -0.05) is 110 Å². The first-order valence-corrected chi connectivity index (χ1v) is 28.8.